The van der Waals surface area contributed by atoms with Gasteiger partial charge in [0.1, 0.15) is 5.75 Å². The Bertz CT molecular complexity index is 1900. The quantitative estimate of drug-likeness (QED) is 0.224. The Kier molecular flexibility index (Phi) is 9.12. The number of aromatic nitrogens is 1. The highest BCUT2D eigenvalue weighted by Crippen LogP contribution is 2.49. The second kappa shape index (κ2) is 13.1. The molecule has 1 aromatic heterocycles. The first-order chi connectivity index (χ1) is 23.4. The fourth-order valence-corrected chi connectivity index (χ4v) is 10.3. The van der Waals surface area contributed by atoms with Crippen molar-refractivity contribution in [3.05, 3.63) is 99.9 Å². The van der Waals surface area contributed by atoms with Gasteiger partial charge in [0.15, 0.2) is 0 Å². The van der Waals surface area contributed by atoms with Crippen LogP contribution in [0.1, 0.15) is 78.7 Å². The van der Waals surface area contributed by atoms with Crippen LogP contribution >= 0.6 is 11.6 Å². The number of nitrogens with zero attached hydrogens (tertiary/aromatic N) is 2. The molecule has 2 aromatic carbocycles. The number of ether oxygens (including phenoxy) is 1. The molecule has 1 fully saturated rings. The first-order valence-electron chi connectivity index (χ1n) is 17.7. The molecule has 260 valence electrons. The third-order valence-electron chi connectivity index (χ3n) is 11.8. The molecular formula is C40H48ClN3O4S. The lowest BCUT2D eigenvalue weighted by Crippen LogP contribution is -2.53. The summed E-state index contributed by atoms with van der Waals surface area (Å²) in [5, 5.41) is 13.0. The second-order valence-corrected chi connectivity index (χ2v) is 18.0. The van der Waals surface area contributed by atoms with E-state index in [1.807, 2.05) is 56.5 Å². The number of carbonyl (C=O) groups excluding carboxylic acids is 1. The van der Waals surface area contributed by atoms with E-state index < -0.39 is 26.5 Å². The van der Waals surface area contributed by atoms with Crippen molar-refractivity contribution in [3.63, 3.8) is 0 Å². The predicted molar refractivity (Wildman–Crippen MR) is 199 cm³/mol. The summed E-state index contributed by atoms with van der Waals surface area (Å²) < 4.78 is 23.4. The van der Waals surface area contributed by atoms with E-state index in [-0.39, 0.29) is 23.2 Å². The zero-order valence-electron chi connectivity index (χ0n) is 28.8. The highest BCUT2D eigenvalue weighted by molar-refractivity contribution is 7.99. The molecule has 2 N–H and O–H groups in total. The summed E-state index contributed by atoms with van der Waals surface area (Å²) in [7, 11) is -2.99. The van der Waals surface area contributed by atoms with Crippen LogP contribution < -0.4 is 14.4 Å². The molecule has 7 atom stereocenters. The van der Waals surface area contributed by atoms with Gasteiger partial charge in [0.05, 0.1) is 27.6 Å². The van der Waals surface area contributed by atoms with Crippen molar-refractivity contribution in [2.45, 2.75) is 82.0 Å². The van der Waals surface area contributed by atoms with Crippen LogP contribution in [-0.4, -0.2) is 56.6 Å². The molecule has 1 unspecified atom stereocenters. The van der Waals surface area contributed by atoms with Crippen LogP contribution in [0, 0.1) is 24.7 Å². The summed E-state index contributed by atoms with van der Waals surface area (Å²) in [6, 6.07) is 15.8. The van der Waals surface area contributed by atoms with E-state index >= 15 is 0 Å². The maximum Gasteiger partial charge on any atom is 0.262 e. The van der Waals surface area contributed by atoms with Crippen LogP contribution in [0.3, 0.4) is 0 Å². The number of pyridine rings is 1. The highest BCUT2D eigenvalue weighted by Gasteiger charge is 2.48. The number of halogens is 1. The van der Waals surface area contributed by atoms with Crippen molar-refractivity contribution in [1.82, 2.24) is 9.71 Å². The molecule has 1 spiro atoms. The summed E-state index contributed by atoms with van der Waals surface area (Å²) >= 11 is 6.47. The minimum atomic E-state index is -2.99. The third kappa shape index (κ3) is 6.64. The van der Waals surface area contributed by atoms with Crippen LogP contribution in [0.2, 0.25) is 5.02 Å². The molecule has 1 amide bonds. The van der Waals surface area contributed by atoms with Gasteiger partial charge in [-0.2, -0.15) is 0 Å². The van der Waals surface area contributed by atoms with Gasteiger partial charge in [-0.1, -0.05) is 36.7 Å². The molecule has 3 aromatic rings. The third-order valence-corrected chi connectivity index (χ3v) is 14.3. The van der Waals surface area contributed by atoms with Crippen molar-refractivity contribution in [3.8, 4) is 5.75 Å². The van der Waals surface area contributed by atoms with Crippen LogP contribution in [0.15, 0.2) is 66.9 Å². The number of allylic oxidation sites excluding steroid dienone is 1. The SMILES string of the molecule is C=S1(=O)NC(=O)c2ccc3c(c2)N(C[C@@H]2CC[C@H]2[C@@](O)(Cc2cc(C)ccn2)/C=C/C[C@H](C)[C@H]1C)C[C@@]1(CCCc2cc(Cl)ccc21)CO3. The monoisotopic (exact) mass is 701 g/mol. The Morgan fingerprint density at radius 3 is 2.78 bits per heavy atom. The molecule has 4 aliphatic rings. The maximum atomic E-state index is 13.9. The van der Waals surface area contributed by atoms with Gasteiger partial charge in [-0.3, -0.25) is 14.5 Å². The maximum absolute atomic E-state index is 13.9. The fourth-order valence-electron chi connectivity index (χ4n) is 8.65. The molecule has 7 nitrogen and oxygen atoms in total. The second-order valence-electron chi connectivity index (χ2n) is 15.2. The van der Waals surface area contributed by atoms with Gasteiger partial charge in [0, 0.05) is 52.7 Å². The van der Waals surface area contributed by atoms with E-state index in [0.29, 0.717) is 38.1 Å². The van der Waals surface area contributed by atoms with E-state index in [0.717, 1.165) is 59.8 Å². The molecule has 2 aliphatic carbocycles. The number of anilines is 1. The van der Waals surface area contributed by atoms with Crippen molar-refractivity contribution >= 4 is 38.8 Å². The van der Waals surface area contributed by atoms with E-state index in [4.69, 9.17) is 16.3 Å². The summed E-state index contributed by atoms with van der Waals surface area (Å²) in [6.45, 7) is 7.87. The standard InChI is InChI=1S/C40H48ClN3O4S/c1-26-15-18-42-33(19-26)22-40(46)17-5-7-27(2)28(3)49(4,47)43-38(45)30-10-14-37-36(21-30)44(23-31-9-12-35(31)40)24-39(25-48-37)16-6-8-29-20-32(41)11-13-34(29)39/h5,10-11,13-15,17-21,27-28,31,35,46H,4,6-9,12,16,22-25H2,1-3H3,(H,43,45,47)/b17-5+/t27-,28+,31-,35+,39-,40-,49?/m0/s1. The molecule has 2 aliphatic heterocycles. The Morgan fingerprint density at radius 1 is 1.16 bits per heavy atom. The number of carbonyl (C=O) groups is 1. The van der Waals surface area contributed by atoms with E-state index in [9.17, 15) is 14.1 Å². The molecule has 7 rings (SSSR count). The molecule has 3 heterocycles. The van der Waals surface area contributed by atoms with Gasteiger partial charge in [-0.05, 0) is 135 Å². The first-order valence-corrected chi connectivity index (χ1v) is 19.8. The number of hydrogen-bond acceptors (Lipinski definition) is 6. The van der Waals surface area contributed by atoms with E-state index in [2.05, 4.69) is 45.6 Å². The van der Waals surface area contributed by atoms with Gasteiger partial charge >= 0.3 is 0 Å². The lowest BCUT2D eigenvalue weighted by atomic mass is 9.62. The van der Waals surface area contributed by atoms with Crippen molar-refractivity contribution in [2.75, 3.05) is 24.6 Å². The average molecular weight is 702 g/mol. The number of hydrogen-bond donors (Lipinski definition) is 2. The van der Waals surface area contributed by atoms with Crippen LogP contribution in [0.4, 0.5) is 5.69 Å². The van der Waals surface area contributed by atoms with Gasteiger partial charge in [0.2, 0.25) is 0 Å². The summed E-state index contributed by atoms with van der Waals surface area (Å²) in [6.07, 6.45) is 11.7. The number of fused-ring (bicyclic) bond motifs is 4. The van der Waals surface area contributed by atoms with Crippen LogP contribution in [-0.2, 0) is 28.0 Å². The van der Waals surface area contributed by atoms with Gasteiger partial charge in [-0.25, -0.2) is 4.21 Å². The lowest BCUT2D eigenvalue weighted by molar-refractivity contribution is -0.0452. The average Bonchev–Trinajstić information content (AvgIpc) is 3.18. The smallest absolute Gasteiger partial charge is 0.262 e. The number of aliphatic hydroxyl groups is 1. The normalized spacial score (nSPS) is 33.7. The zero-order valence-corrected chi connectivity index (χ0v) is 30.4. The Morgan fingerprint density at radius 2 is 2.00 bits per heavy atom. The molecule has 0 radical (unpaired) electrons. The number of nitrogens with one attached hydrogen (secondary N) is 1. The number of rotatable bonds is 2. The van der Waals surface area contributed by atoms with Gasteiger partial charge in [0.25, 0.3) is 5.91 Å². The van der Waals surface area contributed by atoms with Crippen molar-refractivity contribution in [2.24, 2.45) is 17.8 Å². The Labute approximate surface area is 296 Å². The van der Waals surface area contributed by atoms with E-state index in [1.165, 1.54) is 11.1 Å². The van der Waals surface area contributed by atoms with Crippen molar-refractivity contribution < 1.29 is 18.8 Å². The summed E-state index contributed by atoms with van der Waals surface area (Å²) in [5.41, 5.74) is 4.42. The summed E-state index contributed by atoms with van der Waals surface area (Å²) in [4.78, 5) is 20.7. The number of aryl methyl sites for hydroxylation is 2. The van der Waals surface area contributed by atoms with Crippen LogP contribution in [0.25, 0.3) is 0 Å². The van der Waals surface area contributed by atoms with Crippen molar-refractivity contribution in [1.29, 1.82) is 0 Å². The predicted octanol–water partition coefficient (Wildman–Crippen LogP) is 6.86. The molecule has 2 bridgehead atoms. The molecule has 49 heavy (non-hydrogen) atoms. The number of benzene rings is 2. The molecular weight excluding hydrogens is 654 g/mol. The first kappa shape index (κ1) is 34.1. The molecule has 9 heteroatoms. The largest absolute Gasteiger partial charge is 0.490 e. The molecule has 0 saturated heterocycles. The molecule has 1 saturated carbocycles. The zero-order chi connectivity index (χ0) is 34.6. The van der Waals surface area contributed by atoms with Crippen LogP contribution in [0.5, 0.6) is 5.75 Å². The lowest BCUT2D eigenvalue weighted by Gasteiger charge is -2.49. The van der Waals surface area contributed by atoms with E-state index in [1.54, 1.807) is 6.07 Å². The minimum absolute atomic E-state index is 0.0104. The number of amides is 1. The Balaban J connectivity index is 1.32. The summed E-state index contributed by atoms with van der Waals surface area (Å²) in [5.74, 6) is 4.50. The van der Waals surface area contributed by atoms with Gasteiger partial charge < -0.3 is 14.7 Å². The fraction of sp³-hybridized carbons (Fsp3) is 0.475. The topological polar surface area (TPSA) is 91.8 Å². The Hall–Kier alpha value is -3.33. The highest BCUT2D eigenvalue weighted by atomic mass is 35.5. The minimum Gasteiger partial charge on any atom is -0.490 e. The van der Waals surface area contributed by atoms with Gasteiger partial charge in [-0.15, -0.1) is 0 Å².